The lowest BCUT2D eigenvalue weighted by molar-refractivity contribution is 0.0245. The molecule has 4 heteroatoms. The maximum Gasteiger partial charge on any atom is 0.254 e. The molecule has 2 atom stereocenters. The van der Waals surface area contributed by atoms with Crippen molar-refractivity contribution in [3.63, 3.8) is 0 Å². The monoisotopic (exact) mass is 235 g/mol. The lowest BCUT2D eigenvalue weighted by atomic mass is 10.1. The zero-order valence-electron chi connectivity index (χ0n) is 9.62. The number of hydrogen-bond acceptors (Lipinski definition) is 3. The topological polar surface area (TPSA) is 60.8 Å². The molecule has 0 aliphatic carbocycles. The lowest BCUT2D eigenvalue weighted by Crippen LogP contribution is -2.44. The molecule has 1 aliphatic rings. The third-order valence-corrected chi connectivity index (χ3v) is 3.21. The molecule has 17 heavy (non-hydrogen) atoms. The highest BCUT2D eigenvalue weighted by atomic mass is 16.3. The number of nitrogens with zero attached hydrogens (tertiary/aromatic N) is 1. The molecule has 0 radical (unpaired) electrons. The largest absolute Gasteiger partial charge is 0.394 e. The third-order valence-electron chi connectivity index (χ3n) is 3.21. The molecule has 2 unspecified atom stereocenters. The fraction of sp³-hybridized carbons (Fsp3) is 0.462. The summed E-state index contributed by atoms with van der Waals surface area (Å²) in [5.41, 5.74) is 0.629. The fourth-order valence-electron chi connectivity index (χ4n) is 2.31. The minimum atomic E-state index is -0.842. The first-order valence-corrected chi connectivity index (χ1v) is 5.89. The highest BCUT2D eigenvalue weighted by molar-refractivity contribution is 5.94. The van der Waals surface area contributed by atoms with Crippen molar-refractivity contribution >= 4 is 5.91 Å². The van der Waals surface area contributed by atoms with Crippen LogP contribution in [0.5, 0.6) is 0 Å². The van der Waals surface area contributed by atoms with Crippen molar-refractivity contribution in [1.29, 1.82) is 0 Å². The quantitative estimate of drug-likeness (QED) is 0.808. The third kappa shape index (κ3) is 2.48. The van der Waals surface area contributed by atoms with Crippen molar-refractivity contribution in [3.05, 3.63) is 35.9 Å². The molecule has 2 rings (SSSR count). The van der Waals surface area contributed by atoms with Crippen molar-refractivity contribution in [1.82, 2.24) is 4.90 Å². The molecule has 1 fully saturated rings. The minimum Gasteiger partial charge on any atom is -0.394 e. The molecule has 0 bridgehead atoms. The van der Waals surface area contributed by atoms with Gasteiger partial charge in [-0.1, -0.05) is 18.2 Å². The molecule has 1 aromatic carbocycles. The molecule has 4 nitrogen and oxygen atoms in total. The Kier molecular flexibility index (Phi) is 3.76. The number of rotatable bonds is 3. The molecule has 0 saturated carbocycles. The van der Waals surface area contributed by atoms with Gasteiger partial charge in [-0.15, -0.1) is 0 Å². The van der Waals surface area contributed by atoms with Crippen molar-refractivity contribution in [2.75, 3.05) is 13.2 Å². The van der Waals surface area contributed by atoms with Crippen molar-refractivity contribution in [3.8, 4) is 0 Å². The number of carbonyl (C=O) groups excluding carboxylic acids is 1. The van der Waals surface area contributed by atoms with Crippen LogP contribution in [0.4, 0.5) is 0 Å². The van der Waals surface area contributed by atoms with E-state index in [4.69, 9.17) is 5.11 Å². The molecular formula is C13H17NO3. The van der Waals surface area contributed by atoms with Gasteiger partial charge in [0.2, 0.25) is 0 Å². The van der Waals surface area contributed by atoms with Gasteiger partial charge < -0.3 is 15.1 Å². The van der Waals surface area contributed by atoms with E-state index in [0.717, 1.165) is 12.8 Å². The van der Waals surface area contributed by atoms with Crippen LogP contribution < -0.4 is 0 Å². The Bertz CT molecular complexity index is 380. The Morgan fingerprint density at radius 2 is 2.12 bits per heavy atom. The van der Waals surface area contributed by atoms with Crippen molar-refractivity contribution in [2.45, 2.75) is 25.0 Å². The highest BCUT2D eigenvalue weighted by Crippen LogP contribution is 2.22. The van der Waals surface area contributed by atoms with Gasteiger partial charge in [-0.25, -0.2) is 0 Å². The first kappa shape index (κ1) is 12.1. The number of aliphatic hydroxyl groups excluding tert-OH is 2. The maximum atomic E-state index is 12.2. The molecule has 1 aliphatic heterocycles. The second-order valence-corrected chi connectivity index (χ2v) is 4.32. The summed E-state index contributed by atoms with van der Waals surface area (Å²) in [6.07, 6.45) is 0.783. The van der Waals surface area contributed by atoms with Crippen molar-refractivity contribution < 1.29 is 15.0 Å². The lowest BCUT2D eigenvalue weighted by Gasteiger charge is -2.27. The predicted molar refractivity (Wildman–Crippen MR) is 63.6 cm³/mol. The van der Waals surface area contributed by atoms with Gasteiger partial charge in [-0.05, 0) is 25.0 Å². The van der Waals surface area contributed by atoms with Gasteiger partial charge in [0.25, 0.3) is 5.91 Å². The molecule has 1 amide bonds. The van der Waals surface area contributed by atoms with Gasteiger partial charge >= 0.3 is 0 Å². The summed E-state index contributed by atoms with van der Waals surface area (Å²) in [7, 11) is 0. The van der Waals surface area contributed by atoms with E-state index in [9.17, 15) is 9.90 Å². The van der Waals surface area contributed by atoms with Crippen LogP contribution in [0.3, 0.4) is 0 Å². The number of likely N-dealkylation sites (tertiary alicyclic amines) is 1. The summed E-state index contributed by atoms with van der Waals surface area (Å²) in [5.74, 6) is -0.0689. The standard InChI is InChI=1S/C13H17NO3/c15-9-12(16)11-7-4-8-14(11)13(17)10-5-2-1-3-6-10/h1-3,5-6,11-12,15-16H,4,7-9H2. The number of hydrogen-bond donors (Lipinski definition) is 2. The first-order valence-electron chi connectivity index (χ1n) is 5.89. The molecule has 1 aromatic rings. The number of amides is 1. The predicted octanol–water partition coefficient (Wildman–Crippen LogP) is 0.644. The van der Waals surface area contributed by atoms with E-state index in [1.54, 1.807) is 17.0 Å². The molecular weight excluding hydrogens is 218 g/mol. The molecule has 0 aromatic heterocycles. The maximum absolute atomic E-state index is 12.2. The summed E-state index contributed by atoms with van der Waals surface area (Å²) in [4.78, 5) is 13.9. The Morgan fingerprint density at radius 1 is 1.41 bits per heavy atom. The van der Waals surface area contributed by atoms with Crippen LogP contribution in [0.15, 0.2) is 30.3 Å². The Balaban J connectivity index is 2.14. The van der Waals surface area contributed by atoms with Crippen molar-refractivity contribution in [2.24, 2.45) is 0 Å². The van der Waals surface area contributed by atoms with Crippen LogP contribution in [-0.2, 0) is 0 Å². The van der Waals surface area contributed by atoms with Gasteiger partial charge in [-0.2, -0.15) is 0 Å². The molecule has 92 valence electrons. The van der Waals surface area contributed by atoms with E-state index < -0.39 is 6.10 Å². The van der Waals surface area contributed by atoms with Gasteiger partial charge in [-0.3, -0.25) is 4.79 Å². The van der Waals surface area contributed by atoms with Gasteiger partial charge in [0.15, 0.2) is 0 Å². The number of benzene rings is 1. The Labute approximate surface area is 100 Å². The molecule has 1 heterocycles. The zero-order chi connectivity index (χ0) is 12.3. The van der Waals surface area contributed by atoms with E-state index in [1.165, 1.54) is 0 Å². The summed E-state index contributed by atoms with van der Waals surface area (Å²) in [6, 6.07) is 8.78. The Morgan fingerprint density at radius 3 is 2.76 bits per heavy atom. The fourth-order valence-corrected chi connectivity index (χ4v) is 2.31. The summed E-state index contributed by atoms with van der Waals surface area (Å²) in [5, 5.41) is 18.7. The second kappa shape index (κ2) is 5.29. The summed E-state index contributed by atoms with van der Waals surface area (Å²) in [6.45, 7) is 0.346. The van der Waals surface area contributed by atoms with Crippen LogP contribution >= 0.6 is 0 Å². The number of carbonyl (C=O) groups is 1. The van der Waals surface area contributed by atoms with Crippen LogP contribution in [0, 0.1) is 0 Å². The van der Waals surface area contributed by atoms with Crippen LogP contribution in [0.25, 0.3) is 0 Å². The summed E-state index contributed by atoms with van der Waals surface area (Å²) < 4.78 is 0. The molecule has 1 saturated heterocycles. The van der Waals surface area contributed by atoms with E-state index in [0.29, 0.717) is 12.1 Å². The minimum absolute atomic E-state index is 0.0689. The first-order chi connectivity index (χ1) is 8.24. The smallest absolute Gasteiger partial charge is 0.254 e. The number of aliphatic hydroxyl groups is 2. The van der Waals surface area contributed by atoms with Crippen LogP contribution in [-0.4, -0.2) is 46.3 Å². The molecule has 0 spiro atoms. The van der Waals surface area contributed by atoms with Crippen LogP contribution in [0.1, 0.15) is 23.2 Å². The normalized spacial score (nSPS) is 21.5. The van der Waals surface area contributed by atoms with E-state index in [1.807, 2.05) is 18.2 Å². The van der Waals surface area contributed by atoms with E-state index in [2.05, 4.69) is 0 Å². The van der Waals surface area contributed by atoms with Gasteiger partial charge in [0.1, 0.15) is 0 Å². The van der Waals surface area contributed by atoms with Gasteiger partial charge in [0.05, 0.1) is 18.8 Å². The average Bonchev–Trinajstić information content (AvgIpc) is 2.87. The van der Waals surface area contributed by atoms with E-state index in [-0.39, 0.29) is 18.6 Å². The molecule has 2 N–H and O–H groups in total. The van der Waals surface area contributed by atoms with E-state index >= 15 is 0 Å². The summed E-state index contributed by atoms with van der Waals surface area (Å²) >= 11 is 0. The zero-order valence-corrected chi connectivity index (χ0v) is 9.62. The SMILES string of the molecule is O=C(c1ccccc1)N1CCCC1C(O)CO. The van der Waals surface area contributed by atoms with Crippen LogP contribution in [0.2, 0.25) is 0 Å². The average molecular weight is 235 g/mol. The Hall–Kier alpha value is -1.39. The van der Waals surface area contributed by atoms with Gasteiger partial charge in [0, 0.05) is 12.1 Å². The second-order valence-electron chi connectivity index (χ2n) is 4.32. The highest BCUT2D eigenvalue weighted by Gasteiger charge is 2.33.